The largest absolute Gasteiger partial charge is 0.490 e. The number of rotatable bonds is 3. The summed E-state index contributed by atoms with van der Waals surface area (Å²) in [4.78, 5) is 10.8. The molecule has 0 spiro atoms. The second-order valence-corrected chi connectivity index (χ2v) is 3.71. The van der Waals surface area contributed by atoms with Crippen LogP contribution in [0.25, 0.3) is 0 Å². The molecule has 1 fully saturated rings. The minimum atomic E-state index is -0.298. The molecule has 1 saturated carbocycles. The molecule has 2 atom stereocenters. The van der Waals surface area contributed by atoms with Crippen LogP contribution in [-0.4, -0.2) is 18.7 Å². The van der Waals surface area contributed by atoms with Gasteiger partial charge in [0, 0.05) is 5.92 Å². The summed E-state index contributed by atoms with van der Waals surface area (Å²) in [5.41, 5.74) is 0. The Morgan fingerprint density at radius 3 is 3.07 bits per heavy atom. The molecule has 14 heavy (non-hydrogen) atoms. The van der Waals surface area contributed by atoms with E-state index in [1.807, 2.05) is 6.08 Å². The van der Waals surface area contributed by atoms with Gasteiger partial charge in [0.2, 0.25) is 0 Å². The van der Waals surface area contributed by atoms with Crippen LogP contribution in [0.3, 0.4) is 0 Å². The maximum absolute atomic E-state index is 10.8. The summed E-state index contributed by atoms with van der Waals surface area (Å²) in [6.45, 7) is 4.08. The molecule has 76 valence electrons. The number of carbonyl (C=O) groups excluding carboxylic acids is 1. The number of cyclic esters (lactones) is 1. The Morgan fingerprint density at radius 1 is 1.57 bits per heavy atom. The molecule has 3 nitrogen and oxygen atoms in total. The highest BCUT2D eigenvalue weighted by Gasteiger charge is 2.28. The monoisotopic (exact) mass is 194 g/mol. The van der Waals surface area contributed by atoms with Crippen LogP contribution in [0.2, 0.25) is 0 Å². The van der Waals surface area contributed by atoms with Crippen molar-refractivity contribution in [3.05, 3.63) is 24.5 Å². The number of hydrogen-bond donors (Lipinski definition) is 0. The van der Waals surface area contributed by atoms with Crippen LogP contribution < -0.4 is 0 Å². The molecule has 2 rings (SSSR count). The van der Waals surface area contributed by atoms with Gasteiger partial charge in [-0.1, -0.05) is 6.08 Å². The molecule has 0 amide bonds. The molecule has 0 N–H and O–H groups in total. The van der Waals surface area contributed by atoms with Crippen LogP contribution in [-0.2, 0) is 14.3 Å². The zero-order chi connectivity index (χ0) is 9.97. The van der Waals surface area contributed by atoms with Gasteiger partial charge in [-0.05, 0) is 19.3 Å². The lowest BCUT2D eigenvalue weighted by molar-refractivity contribution is -0.135. The number of esters is 1. The van der Waals surface area contributed by atoms with Crippen LogP contribution >= 0.6 is 0 Å². The molecule has 0 aromatic rings. The smallest absolute Gasteiger partial charge is 0.334 e. The lowest BCUT2D eigenvalue weighted by Crippen LogP contribution is -2.16. The summed E-state index contributed by atoms with van der Waals surface area (Å²) in [6, 6.07) is 0. The third-order valence-corrected chi connectivity index (χ3v) is 2.74. The van der Waals surface area contributed by atoms with Crippen LogP contribution in [0.15, 0.2) is 24.5 Å². The Kier molecular flexibility index (Phi) is 2.57. The Labute approximate surface area is 83.4 Å². The van der Waals surface area contributed by atoms with Crippen molar-refractivity contribution in [3.63, 3.8) is 0 Å². The van der Waals surface area contributed by atoms with Gasteiger partial charge in [0.1, 0.15) is 18.5 Å². The average Bonchev–Trinajstić information content (AvgIpc) is 2.76. The SMILES string of the molecule is C=C[C@@H]1CCC[C@@H]1OC1=CC(=O)OC1. The maximum atomic E-state index is 10.8. The Bertz CT molecular complexity index is 280. The van der Waals surface area contributed by atoms with Crippen molar-refractivity contribution in [2.45, 2.75) is 25.4 Å². The quantitative estimate of drug-likeness (QED) is 0.507. The fourth-order valence-corrected chi connectivity index (χ4v) is 1.99. The fourth-order valence-electron chi connectivity index (χ4n) is 1.99. The first-order chi connectivity index (χ1) is 6.79. The van der Waals surface area contributed by atoms with E-state index in [9.17, 15) is 4.79 Å². The first kappa shape index (κ1) is 9.31. The molecule has 1 aliphatic heterocycles. The van der Waals surface area contributed by atoms with Crippen molar-refractivity contribution in [2.75, 3.05) is 6.61 Å². The van der Waals surface area contributed by atoms with E-state index < -0.39 is 0 Å². The van der Waals surface area contributed by atoms with Gasteiger partial charge in [-0.3, -0.25) is 0 Å². The van der Waals surface area contributed by atoms with Crippen LogP contribution in [0.5, 0.6) is 0 Å². The highest BCUT2D eigenvalue weighted by Crippen LogP contribution is 2.31. The van der Waals surface area contributed by atoms with Crippen molar-refractivity contribution in [1.29, 1.82) is 0 Å². The molecule has 2 aliphatic rings. The van der Waals surface area contributed by atoms with Crippen LogP contribution in [0.4, 0.5) is 0 Å². The Hall–Kier alpha value is -1.25. The van der Waals surface area contributed by atoms with Crippen molar-refractivity contribution in [3.8, 4) is 0 Å². The second-order valence-electron chi connectivity index (χ2n) is 3.71. The van der Waals surface area contributed by atoms with Gasteiger partial charge in [-0.15, -0.1) is 6.58 Å². The predicted octanol–water partition coefficient (Wildman–Crippen LogP) is 1.80. The molecule has 0 unspecified atom stereocenters. The first-order valence-corrected chi connectivity index (χ1v) is 4.96. The van der Waals surface area contributed by atoms with Crippen LogP contribution in [0.1, 0.15) is 19.3 Å². The van der Waals surface area contributed by atoms with E-state index in [2.05, 4.69) is 6.58 Å². The van der Waals surface area contributed by atoms with E-state index in [4.69, 9.17) is 9.47 Å². The molecular weight excluding hydrogens is 180 g/mol. The van der Waals surface area contributed by atoms with Gasteiger partial charge in [-0.2, -0.15) is 0 Å². The van der Waals surface area contributed by atoms with Gasteiger partial charge < -0.3 is 9.47 Å². The highest BCUT2D eigenvalue weighted by atomic mass is 16.6. The predicted molar refractivity (Wildman–Crippen MR) is 51.5 cm³/mol. The zero-order valence-electron chi connectivity index (χ0n) is 8.07. The van der Waals surface area contributed by atoms with Crippen molar-refractivity contribution >= 4 is 5.97 Å². The van der Waals surface area contributed by atoms with Gasteiger partial charge >= 0.3 is 5.97 Å². The summed E-state index contributed by atoms with van der Waals surface area (Å²) >= 11 is 0. The second kappa shape index (κ2) is 3.86. The standard InChI is InChI=1S/C11H14O3/c1-2-8-4-3-5-10(8)14-9-6-11(12)13-7-9/h2,6,8,10H,1,3-5,7H2/t8-,10+/m1/s1. The lowest BCUT2D eigenvalue weighted by atomic mass is 10.1. The summed E-state index contributed by atoms with van der Waals surface area (Å²) in [5, 5.41) is 0. The molecule has 0 aromatic heterocycles. The van der Waals surface area contributed by atoms with E-state index in [1.165, 1.54) is 12.5 Å². The van der Waals surface area contributed by atoms with Crippen molar-refractivity contribution in [1.82, 2.24) is 0 Å². The van der Waals surface area contributed by atoms with E-state index in [0.29, 0.717) is 18.3 Å². The normalized spacial score (nSPS) is 31.1. The number of hydrogen-bond acceptors (Lipinski definition) is 3. The molecule has 0 bridgehead atoms. The van der Waals surface area contributed by atoms with Gasteiger partial charge in [0.25, 0.3) is 0 Å². The molecule has 0 radical (unpaired) electrons. The lowest BCUT2D eigenvalue weighted by Gasteiger charge is -2.18. The van der Waals surface area contributed by atoms with Crippen LogP contribution in [0, 0.1) is 5.92 Å². The first-order valence-electron chi connectivity index (χ1n) is 4.96. The molecule has 3 heteroatoms. The van der Waals surface area contributed by atoms with E-state index in [1.54, 1.807) is 0 Å². The topological polar surface area (TPSA) is 35.5 Å². The molecule has 0 saturated heterocycles. The van der Waals surface area contributed by atoms with Crippen molar-refractivity contribution in [2.24, 2.45) is 5.92 Å². The average molecular weight is 194 g/mol. The van der Waals surface area contributed by atoms with E-state index in [0.717, 1.165) is 12.8 Å². The third kappa shape index (κ3) is 1.81. The minimum absolute atomic E-state index is 0.188. The zero-order valence-corrected chi connectivity index (χ0v) is 8.07. The highest BCUT2D eigenvalue weighted by molar-refractivity contribution is 5.84. The van der Waals surface area contributed by atoms with Gasteiger partial charge in [0.05, 0.1) is 6.08 Å². The summed E-state index contributed by atoms with van der Waals surface area (Å²) < 4.78 is 10.5. The molecule has 1 heterocycles. The Morgan fingerprint density at radius 2 is 2.43 bits per heavy atom. The molecule has 0 aromatic carbocycles. The number of ether oxygens (including phenoxy) is 2. The minimum Gasteiger partial charge on any atom is -0.490 e. The molecular formula is C11H14O3. The third-order valence-electron chi connectivity index (χ3n) is 2.74. The summed E-state index contributed by atoms with van der Waals surface area (Å²) in [5.74, 6) is 0.786. The van der Waals surface area contributed by atoms with E-state index in [-0.39, 0.29) is 12.1 Å². The van der Waals surface area contributed by atoms with E-state index >= 15 is 0 Å². The van der Waals surface area contributed by atoms with Crippen molar-refractivity contribution < 1.29 is 14.3 Å². The van der Waals surface area contributed by atoms with Gasteiger partial charge in [0.15, 0.2) is 0 Å². The summed E-state index contributed by atoms with van der Waals surface area (Å²) in [6.07, 6.45) is 6.91. The Balaban J connectivity index is 1.93. The fraction of sp³-hybridized carbons (Fsp3) is 0.545. The maximum Gasteiger partial charge on any atom is 0.334 e. The van der Waals surface area contributed by atoms with Gasteiger partial charge in [-0.25, -0.2) is 4.79 Å². The number of carbonyl (C=O) groups is 1. The summed E-state index contributed by atoms with van der Waals surface area (Å²) in [7, 11) is 0. The molecule has 1 aliphatic carbocycles.